The molecule has 1 rings (SSSR count). The van der Waals surface area contributed by atoms with E-state index in [1.54, 1.807) is 0 Å². The van der Waals surface area contributed by atoms with Crippen molar-refractivity contribution in [3.8, 4) is 0 Å². The van der Waals surface area contributed by atoms with Crippen LogP contribution in [0.15, 0.2) is 24.3 Å². The van der Waals surface area contributed by atoms with Gasteiger partial charge in [-0.25, -0.2) is 4.79 Å². The monoisotopic (exact) mass is 226 g/mol. The maximum Gasteiger partial charge on any atom is 0.333 e. The Bertz CT molecular complexity index is 321. The number of aryl methyl sites for hydroxylation is 1. The van der Waals surface area contributed by atoms with E-state index in [1.807, 2.05) is 31.2 Å². The average Bonchev–Trinajstić information content (AvgIpc) is 2.20. The molecule has 0 aliphatic heterocycles. The first-order valence-corrected chi connectivity index (χ1v) is 5.79. The minimum Gasteiger partial charge on any atom is -0.479 e. The predicted molar refractivity (Wildman–Crippen MR) is 61.0 cm³/mol. The number of rotatable bonds is 5. The molecule has 0 heterocycles. The molecule has 4 heteroatoms. The SMILES string of the molecule is Cc1ccc(CSC[C@@H](O)C(=O)O)cc1. The molecule has 0 amide bonds. The van der Waals surface area contributed by atoms with Crippen LogP contribution in [0.4, 0.5) is 0 Å². The highest BCUT2D eigenvalue weighted by Gasteiger charge is 2.12. The Labute approximate surface area is 93.1 Å². The van der Waals surface area contributed by atoms with Crippen molar-refractivity contribution >= 4 is 17.7 Å². The lowest BCUT2D eigenvalue weighted by Crippen LogP contribution is -2.21. The number of benzene rings is 1. The Balaban J connectivity index is 2.32. The maximum absolute atomic E-state index is 10.3. The zero-order valence-electron chi connectivity index (χ0n) is 8.51. The summed E-state index contributed by atoms with van der Waals surface area (Å²) in [7, 11) is 0. The van der Waals surface area contributed by atoms with Gasteiger partial charge in [0.25, 0.3) is 0 Å². The summed E-state index contributed by atoms with van der Waals surface area (Å²) < 4.78 is 0. The molecule has 0 aromatic heterocycles. The second kappa shape index (κ2) is 5.78. The molecular formula is C11H14O3S. The second-order valence-corrected chi connectivity index (χ2v) is 4.39. The summed E-state index contributed by atoms with van der Waals surface area (Å²) in [4.78, 5) is 10.3. The van der Waals surface area contributed by atoms with Crippen molar-refractivity contribution in [1.29, 1.82) is 0 Å². The lowest BCUT2D eigenvalue weighted by molar-refractivity contribution is -0.145. The fourth-order valence-corrected chi connectivity index (χ4v) is 1.96. The van der Waals surface area contributed by atoms with E-state index >= 15 is 0 Å². The lowest BCUT2D eigenvalue weighted by atomic mass is 10.2. The maximum atomic E-state index is 10.3. The molecule has 1 atom stereocenters. The van der Waals surface area contributed by atoms with E-state index in [2.05, 4.69) is 0 Å². The molecular weight excluding hydrogens is 212 g/mol. The standard InChI is InChI=1S/C11H14O3S/c1-8-2-4-9(5-3-8)6-15-7-10(12)11(13)14/h2-5,10,12H,6-7H2,1H3,(H,13,14)/t10-/m1/s1. The molecule has 0 saturated heterocycles. The highest BCUT2D eigenvalue weighted by Crippen LogP contribution is 2.13. The molecule has 0 saturated carbocycles. The fraction of sp³-hybridized carbons (Fsp3) is 0.364. The number of carboxylic acid groups (broad SMARTS) is 1. The molecule has 2 N–H and O–H groups in total. The Morgan fingerprint density at radius 3 is 2.53 bits per heavy atom. The van der Waals surface area contributed by atoms with E-state index in [-0.39, 0.29) is 5.75 Å². The molecule has 1 aromatic carbocycles. The molecule has 82 valence electrons. The van der Waals surface area contributed by atoms with Gasteiger partial charge in [-0.15, -0.1) is 0 Å². The summed E-state index contributed by atoms with van der Waals surface area (Å²) in [5, 5.41) is 17.5. The largest absolute Gasteiger partial charge is 0.479 e. The first kappa shape index (κ1) is 12.1. The van der Waals surface area contributed by atoms with Crippen LogP contribution in [0.2, 0.25) is 0 Å². The van der Waals surface area contributed by atoms with Gasteiger partial charge in [0.15, 0.2) is 6.10 Å². The number of hydrogen-bond acceptors (Lipinski definition) is 3. The topological polar surface area (TPSA) is 57.5 Å². The molecule has 0 fully saturated rings. The van der Waals surface area contributed by atoms with Crippen LogP contribution in [-0.4, -0.2) is 28.0 Å². The number of carboxylic acids is 1. The number of hydrogen-bond donors (Lipinski definition) is 2. The van der Waals surface area contributed by atoms with Crippen molar-refractivity contribution in [3.63, 3.8) is 0 Å². The van der Waals surface area contributed by atoms with Gasteiger partial charge >= 0.3 is 5.97 Å². The average molecular weight is 226 g/mol. The fourth-order valence-electron chi connectivity index (χ4n) is 1.04. The molecule has 0 bridgehead atoms. The molecule has 0 aliphatic rings. The molecule has 15 heavy (non-hydrogen) atoms. The Hall–Kier alpha value is -1.00. The third kappa shape index (κ3) is 4.36. The molecule has 0 radical (unpaired) electrons. The van der Waals surface area contributed by atoms with Crippen molar-refractivity contribution in [2.45, 2.75) is 18.8 Å². The van der Waals surface area contributed by atoms with E-state index in [1.165, 1.54) is 17.3 Å². The highest BCUT2D eigenvalue weighted by molar-refractivity contribution is 7.98. The summed E-state index contributed by atoms with van der Waals surface area (Å²) in [6.07, 6.45) is -1.26. The van der Waals surface area contributed by atoms with Gasteiger partial charge < -0.3 is 10.2 Å². The number of thioether (sulfide) groups is 1. The Kier molecular flexibility index (Phi) is 4.65. The van der Waals surface area contributed by atoms with Crippen LogP contribution in [-0.2, 0) is 10.5 Å². The van der Waals surface area contributed by atoms with E-state index < -0.39 is 12.1 Å². The van der Waals surface area contributed by atoms with Crippen LogP contribution in [0.5, 0.6) is 0 Å². The van der Waals surface area contributed by atoms with Crippen LogP contribution < -0.4 is 0 Å². The minimum atomic E-state index is -1.26. The lowest BCUT2D eigenvalue weighted by Gasteiger charge is -2.05. The smallest absolute Gasteiger partial charge is 0.333 e. The molecule has 3 nitrogen and oxygen atoms in total. The Morgan fingerprint density at radius 1 is 1.40 bits per heavy atom. The zero-order chi connectivity index (χ0) is 11.3. The van der Waals surface area contributed by atoms with Crippen LogP contribution in [0.3, 0.4) is 0 Å². The third-order valence-corrected chi connectivity index (χ3v) is 3.04. The first-order chi connectivity index (χ1) is 7.09. The minimum absolute atomic E-state index is 0.225. The highest BCUT2D eigenvalue weighted by atomic mass is 32.2. The van der Waals surface area contributed by atoms with E-state index in [4.69, 9.17) is 10.2 Å². The number of aliphatic hydroxyl groups is 1. The van der Waals surface area contributed by atoms with Gasteiger partial charge in [-0.3, -0.25) is 0 Å². The summed E-state index contributed by atoms with van der Waals surface area (Å²) >= 11 is 1.42. The van der Waals surface area contributed by atoms with Crippen LogP contribution in [0.25, 0.3) is 0 Å². The molecule has 0 spiro atoms. The van der Waals surface area contributed by atoms with Crippen LogP contribution in [0, 0.1) is 6.92 Å². The van der Waals surface area contributed by atoms with Crippen molar-refractivity contribution in [2.75, 3.05) is 5.75 Å². The molecule has 1 aromatic rings. The van der Waals surface area contributed by atoms with Gasteiger partial charge in [0.1, 0.15) is 0 Å². The number of aliphatic hydroxyl groups excluding tert-OH is 1. The van der Waals surface area contributed by atoms with Gasteiger partial charge in [0.2, 0.25) is 0 Å². The van der Waals surface area contributed by atoms with Crippen LogP contribution in [0.1, 0.15) is 11.1 Å². The van der Waals surface area contributed by atoms with E-state index in [0.717, 1.165) is 11.3 Å². The number of carbonyl (C=O) groups is 1. The normalized spacial score (nSPS) is 12.4. The summed E-state index contributed by atoms with van der Waals surface area (Å²) in [5.41, 5.74) is 2.34. The predicted octanol–water partition coefficient (Wildman–Crippen LogP) is 1.67. The molecule has 0 unspecified atom stereocenters. The van der Waals surface area contributed by atoms with Gasteiger partial charge in [0.05, 0.1) is 0 Å². The second-order valence-electron chi connectivity index (χ2n) is 3.35. The van der Waals surface area contributed by atoms with Crippen molar-refractivity contribution in [2.24, 2.45) is 0 Å². The first-order valence-electron chi connectivity index (χ1n) is 4.64. The summed E-state index contributed by atoms with van der Waals surface area (Å²) in [5.74, 6) is -0.209. The van der Waals surface area contributed by atoms with Crippen molar-refractivity contribution in [1.82, 2.24) is 0 Å². The number of aliphatic carboxylic acids is 1. The van der Waals surface area contributed by atoms with E-state index in [0.29, 0.717) is 0 Å². The van der Waals surface area contributed by atoms with Crippen molar-refractivity contribution < 1.29 is 15.0 Å². The third-order valence-electron chi connectivity index (χ3n) is 1.95. The zero-order valence-corrected chi connectivity index (χ0v) is 9.33. The Morgan fingerprint density at radius 2 is 2.00 bits per heavy atom. The van der Waals surface area contributed by atoms with Gasteiger partial charge in [0, 0.05) is 11.5 Å². The molecule has 0 aliphatic carbocycles. The van der Waals surface area contributed by atoms with Crippen LogP contribution >= 0.6 is 11.8 Å². The quantitative estimate of drug-likeness (QED) is 0.802. The summed E-state index contributed by atoms with van der Waals surface area (Å²) in [6, 6.07) is 8.05. The van der Waals surface area contributed by atoms with Gasteiger partial charge in [-0.1, -0.05) is 29.8 Å². The van der Waals surface area contributed by atoms with Gasteiger partial charge in [-0.05, 0) is 12.5 Å². The van der Waals surface area contributed by atoms with E-state index in [9.17, 15) is 4.79 Å². The van der Waals surface area contributed by atoms with Crippen molar-refractivity contribution in [3.05, 3.63) is 35.4 Å². The summed E-state index contributed by atoms with van der Waals surface area (Å²) in [6.45, 7) is 2.02. The van der Waals surface area contributed by atoms with Gasteiger partial charge in [-0.2, -0.15) is 11.8 Å².